The molecule has 1 saturated heterocycles. The Hall–Kier alpha value is -2.35. The van der Waals surface area contributed by atoms with Crippen molar-refractivity contribution in [1.29, 1.82) is 0 Å². The van der Waals surface area contributed by atoms with Crippen molar-refractivity contribution in [2.24, 2.45) is 0 Å². The summed E-state index contributed by atoms with van der Waals surface area (Å²) in [6.07, 6.45) is 2.33. The summed E-state index contributed by atoms with van der Waals surface area (Å²) in [6, 6.07) is 9.15. The standard InChI is InChI=1S/C24H31N5OS/c1-4-15(5-2)16-6-7-18-19(12-16)26-21(23(18)29-10-8-25-9-11-29)22-24-20(27-28-22)13-17(31-24)14-30-3/h6-7,12-13,15,25-26H,4-5,8-11,14H2,1-3H3,(H,27,28). The van der Waals surface area contributed by atoms with Crippen LogP contribution in [0.1, 0.15) is 43.0 Å². The van der Waals surface area contributed by atoms with E-state index in [1.54, 1.807) is 18.4 Å². The molecule has 1 fully saturated rings. The molecule has 3 N–H and O–H groups in total. The zero-order valence-electron chi connectivity index (χ0n) is 18.5. The second-order valence-electron chi connectivity index (χ2n) is 8.36. The molecule has 1 aromatic carbocycles. The molecule has 1 aliphatic heterocycles. The molecular weight excluding hydrogens is 406 g/mol. The second-order valence-corrected chi connectivity index (χ2v) is 9.50. The average molecular weight is 438 g/mol. The van der Waals surface area contributed by atoms with Gasteiger partial charge in [0.15, 0.2) is 0 Å². The SMILES string of the molecule is CCC(CC)c1ccc2c(N3CCNCC3)c(-c3n[nH]c4cc(COC)sc34)[nH]c2c1. The number of H-pyrrole nitrogens is 2. The van der Waals surface area contributed by atoms with E-state index in [1.807, 2.05) is 0 Å². The maximum Gasteiger partial charge on any atom is 0.128 e. The second kappa shape index (κ2) is 8.65. The topological polar surface area (TPSA) is 69.0 Å². The quantitative estimate of drug-likeness (QED) is 0.370. The van der Waals surface area contributed by atoms with Crippen molar-refractivity contribution in [3.8, 4) is 11.4 Å². The van der Waals surface area contributed by atoms with Gasteiger partial charge in [0.05, 0.1) is 28.2 Å². The number of rotatable bonds is 7. The number of benzene rings is 1. The molecule has 3 aromatic heterocycles. The molecule has 1 aliphatic rings. The highest BCUT2D eigenvalue weighted by Gasteiger charge is 2.25. The number of thiophene rings is 1. The van der Waals surface area contributed by atoms with Gasteiger partial charge in [-0.05, 0) is 36.5 Å². The van der Waals surface area contributed by atoms with E-state index in [0.717, 1.165) is 55.9 Å². The summed E-state index contributed by atoms with van der Waals surface area (Å²) >= 11 is 1.76. The van der Waals surface area contributed by atoms with Crippen LogP contribution in [0.15, 0.2) is 24.3 Å². The molecular formula is C24H31N5OS. The fourth-order valence-electron chi connectivity index (χ4n) is 4.85. The van der Waals surface area contributed by atoms with Gasteiger partial charge in [0.25, 0.3) is 0 Å². The first-order valence-corrected chi connectivity index (χ1v) is 12.1. The van der Waals surface area contributed by atoms with Gasteiger partial charge in [-0.2, -0.15) is 5.10 Å². The summed E-state index contributed by atoms with van der Waals surface area (Å²) in [5.74, 6) is 0.602. The summed E-state index contributed by atoms with van der Waals surface area (Å²) in [4.78, 5) is 7.49. The van der Waals surface area contributed by atoms with Crippen molar-refractivity contribution < 1.29 is 4.74 Å². The Bertz CT molecular complexity index is 1180. The number of ether oxygens (including phenoxy) is 1. The van der Waals surface area contributed by atoms with E-state index in [1.165, 1.54) is 31.7 Å². The van der Waals surface area contributed by atoms with Crippen LogP contribution < -0.4 is 10.2 Å². The molecule has 0 saturated carbocycles. The average Bonchev–Trinajstić information content (AvgIpc) is 3.47. The fraction of sp³-hybridized carbons (Fsp3) is 0.458. The number of anilines is 1. The Balaban J connectivity index is 1.68. The highest BCUT2D eigenvalue weighted by molar-refractivity contribution is 7.19. The summed E-state index contributed by atoms with van der Waals surface area (Å²) in [5.41, 5.74) is 7.12. The van der Waals surface area contributed by atoms with Gasteiger partial charge in [-0.1, -0.05) is 26.0 Å². The summed E-state index contributed by atoms with van der Waals surface area (Å²) < 4.78 is 6.54. The normalized spacial score (nSPS) is 15.0. The molecule has 7 heteroatoms. The molecule has 0 amide bonds. The minimum atomic E-state index is 0.602. The molecule has 0 unspecified atom stereocenters. The molecule has 0 atom stereocenters. The number of aromatic nitrogens is 3. The van der Waals surface area contributed by atoms with Gasteiger partial charge in [0.2, 0.25) is 0 Å². The third-order valence-electron chi connectivity index (χ3n) is 6.50. The van der Waals surface area contributed by atoms with Crippen molar-refractivity contribution in [2.75, 3.05) is 38.2 Å². The van der Waals surface area contributed by atoms with Crippen LogP contribution in [0.5, 0.6) is 0 Å². The van der Waals surface area contributed by atoms with Gasteiger partial charge in [-0.3, -0.25) is 5.10 Å². The summed E-state index contributed by atoms with van der Waals surface area (Å²) in [7, 11) is 1.74. The van der Waals surface area contributed by atoms with E-state index >= 15 is 0 Å². The van der Waals surface area contributed by atoms with Crippen LogP contribution in [-0.4, -0.2) is 48.5 Å². The zero-order valence-corrected chi connectivity index (χ0v) is 19.4. The number of hydrogen-bond donors (Lipinski definition) is 3. The Labute approximate surface area is 187 Å². The molecule has 5 rings (SSSR count). The van der Waals surface area contributed by atoms with Crippen molar-refractivity contribution in [1.82, 2.24) is 20.5 Å². The van der Waals surface area contributed by atoms with E-state index in [2.05, 4.69) is 58.4 Å². The lowest BCUT2D eigenvalue weighted by Crippen LogP contribution is -2.43. The first kappa shape index (κ1) is 20.5. The lowest BCUT2D eigenvalue weighted by atomic mass is 9.93. The van der Waals surface area contributed by atoms with E-state index in [4.69, 9.17) is 9.84 Å². The third kappa shape index (κ3) is 3.64. The molecule has 164 valence electrons. The van der Waals surface area contributed by atoms with Gasteiger partial charge in [-0.15, -0.1) is 11.3 Å². The number of fused-ring (bicyclic) bond motifs is 2. The van der Waals surface area contributed by atoms with E-state index < -0.39 is 0 Å². The number of nitrogens with zero attached hydrogens (tertiary/aromatic N) is 2. The maximum atomic E-state index is 5.35. The Morgan fingerprint density at radius 3 is 2.68 bits per heavy atom. The molecule has 31 heavy (non-hydrogen) atoms. The van der Waals surface area contributed by atoms with Crippen LogP contribution in [0, 0.1) is 0 Å². The lowest BCUT2D eigenvalue weighted by molar-refractivity contribution is 0.187. The highest BCUT2D eigenvalue weighted by Crippen LogP contribution is 2.42. The van der Waals surface area contributed by atoms with Crippen molar-refractivity contribution in [3.05, 3.63) is 34.7 Å². The van der Waals surface area contributed by atoms with Crippen LogP contribution >= 0.6 is 11.3 Å². The number of hydrogen-bond acceptors (Lipinski definition) is 5. The molecule has 4 aromatic rings. The molecule has 6 nitrogen and oxygen atoms in total. The van der Waals surface area contributed by atoms with Gasteiger partial charge in [0, 0.05) is 49.1 Å². The first-order valence-electron chi connectivity index (χ1n) is 11.3. The van der Waals surface area contributed by atoms with Crippen LogP contribution in [0.4, 0.5) is 5.69 Å². The van der Waals surface area contributed by atoms with Gasteiger partial charge in [0.1, 0.15) is 5.69 Å². The zero-order chi connectivity index (χ0) is 21.4. The smallest absolute Gasteiger partial charge is 0.128 e. The number of nitrogens with one attached hydrogen (secondary N) is 3. The first-order chi connectivity index (χ1) is 15.2. The number of methoxy groups -OCH3 is 1. The fourth-order valence-corrected chi connectivity index (χ4v) is 5.93. The van der Waals surface area contributed by atoms with Gasteiger partial charge < -0.3 is 19.9 Å². The van der Waals surface area contributed by atoms with E-state index in [0.29, 0.717) is 12.5 Å². The van der Waals surface area contributed by atoms with Crippen LogP contribution in [-0.2, 0) is 11.3 Å². The molecule has 0 radical (unpaired) electrons. The summed E-state index contributed by atoms with van der Waals surface area (Å²) in [6.45, 7) is 9.19. The van der Waals surface area contributed by atoms with Crippen molar-refractivity contribution >= 4 is 38.1 Å². The molecule has 0 aliphatic carbocycles. The number of piperazine rings is 1. The number of aromatic amines is 2. The van der Waals surface area contributed by atoms with Crippen LogP contribution in [0.3, 0.4) is 0 Å². The molecule has 0 spiro atoms. The Morgan fingerprint density at radius 1 is 1.13 bits per heavy atom. The minimum absolute atomic E-state index is 0.602. The van der Waals surface area contributed by atoms with Crippen molar-refractivity contribution in [2.45, 2.75) is 39.2 Å². The predicted octanol–water partition coefficient (Wildman–Crippen LogP) is 5.23. The largest absolute Gasteiger partial charge is 0.379 e. The Kier molecular flexibility index (Phi) is 5.73. The Morgan fingerprint density at radius 2 is 1.94 bits per heavy atom. The van der Waals surface area contributed by atoms with E-state index in [-0.39, 0.29) is 0 Å². The van der Waals surface area contributed by atoms with Gasteiger partial charge in [-0.25, -0.2) is 0 Å². The van der Waals surface area contributed by atoms with Gasteiger partial charge >= 0.3 is 0 Å². The lowest BCUT2D eigenvalue weighted by Gasteiger charge is -2.30. The van der Waals surface area contributed by atoms with Crippen LogP contribution in [0.25, 0.3) is 32.5 Å². The maximum absolute atomic E-state index is 5.35. The van der Waals surface area contributed by atoms with Crippen LogP contribution in [0.2, 0.25) is 0 Å². The third-order valence-corrected chi connectivity index (χ3v) is 7.61. The molecule has 0 bridgehead atoms. The highest BCUT2D eigenvalue weighted by atomic mass is 32.1. The minimum Gasteiger partial charge on any atom is -0.379 e. The van der Waals surface area contributed by atoms with E-state index in [9.17, 15) is 0 Å². The van der Waals surface area contributed by atoms with Crippen molar-refractivity contribution in [3.63, 3.8) is 0 Å². The summed E-state index contributed by atoms with van der Waals surface area (Å²) in [5, 5.41) is 12.7. The molecule has 4 heterocycles. The monoisotopic (exact) mass is 437 g/mol. The predicted molar refractivity (Wildman–Crippen MR) is 130 cm³/mol.